The summed E-state index contributed by atoms with van der Waals surface area (Å²) < 4.78 is 6.04. The number of rotatable bonds is 12. The second kappa shape index (κ2) is 13.3. The highest BCUT2D eigenvalue weighted by atomic mass is 32.1. The first-order chi connectivity index (χ1) is 20.6. The van der Waals surface area contributed by atoms with Crippen LogP contribution in [-0.4, -0.2) is 35.1 Å². The molecule has 1 aliphatic rings. The van der Waals surface area contributed by atoms with E-state index < -0.39 is 11.1 Å². The SMILES string of the molecule is CCCCCCOc1ccc(N(c2ccc(-c3ccc(-c4ccc(C=O)s4)s3)cc2)C2CC(C)(C)N([O])C(C)(C)C2)cc1. The highest BCUT2D eigenvalue weighted by Gasteiger charge is 2.48. The largest absolute Gasteiger partial charge is 0.494 e. The van der Waals surface area contributed by atoms with Crippen LogP contribution in [0.5, 0.6) is 5.75 Å². The first-order valence-corrected chi connectivity index (χ1v) is 17.0. The van der Waals surface area contributed by atoms with Gasteiger partial charge >= 0.3 is 0 Å². The van der Waals surface area contributed by atoms with Crippen LogP contribution in [0.2, 0.25) is 0 Å². The number of hydrogen-bond acceptors (Lipinski definition) is 6. The fourth-order valence-electron chi connectivity index (χ4n) is 6.35. The quantitative estimate of drug-likeness (QED) is 0.118. The maximum absolute atomic E-state index is 13.2. The molecule has 0 amide bonds. The Morgan fingerprint density at radius 2 is 1.37 bits per heavy atom. The predicted octanol–water partition coefficient (Wildman–Crippen LogP) is 10.4. The van der Waals surface area contributed by atoms with Crippen molar-refractivity contribution in [1.82, 2.24) is 5.06 Å². The lowest BCUT2D eigenvalue weighted by Crippen LogP contribution is -2.62. The van der Waals surface area contributed by atoms with Crippen LogP contribution >= 0.6 is 22.7 Å². The van der Waals surface area contributed by atoms with Crippen LogP contribution < -0.4 is 9.64 Å². The molecule has 0 unspecified atom stereocenters. The number of benzene rings is 2. The topological polar surface area (TPSA) is 52.7 Å². The van der Waals surface area contributed by atoms with E-state index in [0.29, 0.717) is 0 Å². The molecule has 3 heterocycles. The zero-order chi connectivity index (χ0) is 30.6. The summed E-state index contributed by atoms with van der Waals surface area (Å²) in [5, 5.41) is 14.5. The molecular weight excluding hydrogens is 573 g/mol. The first kappa shape index (κ1) is 31.5. The summed E-state index contributed by atoms with van der Waals surface area (Å²) in [4.78, 5) is 17.8. The minimum absolute atomic E-state index is 0.154. The van der Waals surface area contributed by atoms with Gasteiger partial charge in [-0.05, 0) is 113 Å². The number of aldehydes is 1. The number of anilines is 2. The van der Waals surface area contributed by atoms with Crippen molar-refractivity contribution in [3.63, 3.8) is 0 Å². The van der Waals surface area contributed by atoms with Gasteiger partial charge in [-0.1, -0.05) is 38.3 Å². The summed E-state index contributed by atoms with van der Waals surface area (Å²) >= 11 is 3.26. The molecule has 2 aromatic carbocycles. The van der Waals surface area contributed by atoms with Gasteiger partial charge in [0.05, 0.1) is 11.5 Å². The van der Waals surface area contributed by atoms with Crippen LogP contribution in [0.3, 0.4) is 0 Å². The third kappa shape index (κ3) is 7.23. The van der Waals surface area contributed by atoms with Crippen molar-refractivity contribution < 1.29 is 14.7 Å². The molecule has 0 bridgehead atoms. The van der Waals surface area contributed by atoms with E-state index in [4.69, 9.17) is 4.74 Å². The van der Waals surface area contributed by atoms with Gasteiger partial charge in [0.15, 0.2) is 6.29 Å². The van der Waals surface area contributed by atoms with Gasteiger partial charge in [-0.25, -0.2) is 0 Å². The van der Waals surface area contributed by atoms with E-state index in [1.807, 2.05) is 12.1 Å². The van der Waals surface area contributed by atoms with Crippen molar-refractivity contribution in [2.75, 3.05) is 11.5 Å². The second-order valence-electron chi connectivity index (χ2n) is 12.8. The number of thiophene rings is 2. The molecule has 1 saturated heterocycles. The molecule has 5 nitrogen and oxygen atoms in total. The molecule has 4 aromatic rings. The monoisotopic (exact) mass is 615 g/mol. The number of hydroxylamine groups is 2. The molecule has 0 spiro atoms. The van der Waals surface area contributed by atoms with Crippen LogP contribution in [-0.2, 0) is 5.21 Å². The number of hydrogen-bond donors (Lipinski definition) is 0. The predicted molar refractivity (Wildman–Crippen MR) is 180 cm³/mol. The zero-order valence-corrected chi connectivity index (χ0v) is 27.6. The van der Waals surface area contributed by atoms with E-state index in [9.17, 15) is 10.0 Å². The van der Waals surface area contributed by atoms with Crippen molar-refractivity contribution in [3.8, 4) is 25.9 Å². The van der Waals surface area contributed by atoms with E-state index >= 15 is 0 Å². The zero-order valence-electron chi connectivity index (χ0n) is 26.0. The Bertz CT molecular complexity index is 1470. The summed E-state index contributed by atoms with van der Waals surface area (Å²) in [6.07, 6.45) is 7.16. The summed E-state index contributed by atoms with van der Waals surface area (Å²) in [6, 6.07) is 25.6. The van der Waals surface area contributed by atoms with Crippen molar-refractivity contribution in [1.29, 1.82) is 0 Å². The maximum Gasteiger partial charge on any atom is 0.160 e. The normalized spacial score (nSPS) is 16.7. The van der Waals surface area contributed by atoms with Gasteiger partial charge in [0.2, 0.25) is 0 Å². The van der Waals surface area contributed by atoms with Gasteiger partial charge in [0.1, 0.15) is 5.75 Å². The van der Waals surface area contributed by atoms with Gasteiger partial charge in [-0.15, -0.1) is 32.9 Å². The molecule has 0 aliphatic carbocycles. The van der Waals surface area contributed by atoms with Gasteiger partial charge in [0, 0.05) is 43.1 Å². The van der Waals surface area contributed by atoms with Crippen LogP contribution in [0.15, 0.2) is 72.8 Å². The number of carbonyl (C=O) groups excluding carboxylic acids is 1. The van der Waals surface area contributed by atoms with Gasteiger partial charge in [-0.2, -0.15) is 0 Å². The smallest absolute Gasteiger partial charge is 0.160 e. The van der Waals surface area contributed by atoms with Gasteiger partial charge < -0.3 is 9.64 Å². The Morgan fingerprint density at radius 3 is 1.98 bits per heavy atom. The number of nitrogens with zero attached hydrogens (tertiary/aromatic N) is 2. The molecule has 0 atom stereocenters. The molecule has 5 rings (SSSR count). The van der Waals surface area contributed by atoms with Crippen LogP contribution in [0.25, 0.3) is 20.2 Å². The molecule has 2 aromatic heterocycles. The Hall–Kier alpha value is -2.97. The molecule has 1 fully saturated rings. The molecule has 227 valence electrons. The fraction of sp³-hybridized carbons (Fsp3) is 0.417. The minimum atomic E-state index is -0.481. The summed E-state index contributed by atoms with van der Waals surface area (Å²) in [7, 11) is 0. The molecule has 7 heteroatoms. The summed E-state index contributed by atoms with van der Waals surface area (Å²) in [5.41, 5.74) is 2.41. The second-order valence-corrected chi connectivity index (χ2v) is 15.0. The van der Waals surface area contributed by atoms with Gasteiger partial charge in [0.25, 0.3) is 0 Å². The fourth-order valence-corrected chi connectivity index (χ4v) is 8.27. The Kier molecular flexibility index (Phi) is 9.76. The van der Waals surface area contributed by atoms with E-state index in [-0.39, 0.29) is 6.04 Å². The van der Waals surface area contributed by atoms with Crippen LogP contribution in [0.4, 0.5) is 11.4 Å². The van der Waals surface area contributed by atoms with Crippen molar-refractivity contribution in [2.24, 2.45) is 0 Å². The highest BCUT2D eigenvalue weighted by molar-refractivity contribution is 7.24. The number of piperidine rings is 1. The third-order valence-electron chi connectivity index (χ3n) is 8.34. The molecule has 0 N–H and O–H groups in total. The molecule has 1 radical (unpaired) electrons. The number of ether oxygens (including phenoxy) is 1. The highest BCUT2D eigenvalue weighted by Crippen LogP contribution is 2.44. The van der Waals surface area contributed by atoms with E-state index in [2.05, 4.69) is 100 Å². The standard InChI is InChI=1S/C36H43N2O3S2/c1-6-7-8-9-22-41-30-16-14-28(15-17-30)37(29-23-35(2,3)38(40)36(4,5)24-29)27-12-10-26(11-13-27)32-20-21-34(43-32)33-19-18-31(25-39)42-33/h10-21,25,29H,6-9,22-24H2,1-5H3. The molecular formula is C36H43N2O3S2. The molecule has 0 saturated carbocycles. The van der Waals surface area contributed by atoms with E-state index in [1.165, 1.54) is 45.4 Å². The Balaban J connectivity index is 1.41. The van der Waals surface area contributed by atoms with Crippen molar-refractivity contribution >= 4 is 40.3 Å². The third-order valence-corrected chi connectivity index (χ3v) is 10.7. The van der Waals surface area contributed by atoms with Crippen LogP contribution in [0.1, 0.15) is 82.8 Å². The minimum Gasteiger partial charge on any atom is -0.494 e. The van der Waals surface area contributed by atoms with Crippen LogP contribution in [0, 0.1) is 0 Å². The van der Waals surface area contributed by atoms with E-state index in [0.717, 1.165) is 64.6 Å². The Morgan fingerprint density at radius 1 is 0.791 bits per heavy atom. The van der Waals surface area contributed by atoms with Gasteiger partial charge in [-0.3, -0.25) is 4.79 Å². The average Bonchev–Trinajstić information content (AvgIpc) is 3.67. The lowest BCUT2D eigenvalue weighted by Gasteiger charge is -2.52. The first-order valence-electron chi connectivity index (χ1n) is 15.4. The summed E-state index contributed by atoms with van der Waals surface area (Å²) in [6.45, 7) is 11.2. The Labute approximate surface area is 264 Å². The van der Waals surface area contributed by atoms with E-state index in [1.54, 1.807) is 11.3 Å². The lowest BCUT2D eigenvalue weighted by atomic mass is 9.78. The van der Waals surface area contributed by atoms with Crippen molar-refractivity contribution in [3.05, 3.63) is 77.7 Å². The molecule has 43 heavy (non-hydrogen) atoms. The number of unbranched alkanes of at least 4 members (excludes halogenated alkanes) is 3. The lowest BCUT2D eigenvalue weighted by molar-refractivity contribution is -0.288. The maximum atomic E-state index is 13.2. The number of carbonyl (C=O) groups is 1. The summed E-state index contributed by atoms with van der Waals surface area (Å²) in [5.74, 6) is 0.894. The average molecular weight is 616 g/mol. The van der Waals surface area contributed by atoms with Crippen molar-refractivity contribution in [2.45, 2.75) is 90.3 Å². The molecule has 1 aliphatic heterocycles.